The molecule has 0 aliphatic carbocycles. The molecule has 1 fully saturated rings. The van der Waals surface area contributed by atoms with Crippen molar-refractivity contribution in [1.29, 1.82) is 0 Å². The van der Waals surface area contributed by atoms with Gasteiger partial charge < -0.3 is 20.4 Å². The number of rotatable bonds is 7. The van der Waals surface area contributed by atoms with E-state index >= 15 is 0 Å². The van der Waals surface area contributed by atoms with Crippen molar-refractivity contribution in [2.24, 2.45) is 5.73 Å². The van der Waals surface area contributed by atoms with Gasteiger partial charge in [-0.1, -0.05) is 35.3 Å². The first-order chi connectivity index (χ1) is 15.9. The summed E-state index contributed by atoms with van der Waals surface area (Å²) in [5.74, 6) is -0.840. The fourth-order valence-electron chi connectivity index (χ4n) is 4.06. The molecule has 3 heterocycles. The number of nitrogens with zero attached hydrogens (tertiary/aromatic N) is 3. The second-order valence-electron chi connectivity index (χ2n) is 7.95. The number of amides is 2. The molecule has 1 aliphatic rings. The quantitative estimate of drug-likeness (QED) is 0.530. The van der Waals surface area contributed by atoms with Crippen molar-refractivity contribution >= 4 is 46.0 Å². The van der Waals surface area contributed by atoms with Crippen molar-refractivity contribution in [3.63, 3.8) is 0 Å². The van der Waals surface area contributed by atoms with Crippen LogP contribution in [0.25, 0.3) is 11.0 Å². The lowest BCUT2D eigenvalue weighted by Gasteiger charge is -2.35. The molecule has 10 heteroatoms. The third kappa shape index (κ3) is 4.99. The molecule has 1 saturated heterocycles. The summed E-state index contributed by atoms with van der Waals surface area (Å²) in [5, 5.41) is 4.56. The van der Waals surface area contributed by atoms with E-state index in [2.05, 4.69) is 15.2 Å². The van der Waals surface area contributed by atoms with E-state index in [0.29, 0.717) is 46.4 Å². The van der Waals surface area contributed by atoms with Crippen LogP contribution >= 0.6 is 23.2 Å². The molecule has 1 aromatic carbocycles. The molecule has 2 aromatic heterocycles. The van der Waals surface area contributed by atoms with E-state index in [-0.39, 0.29) is 11.9 Å². The number of primary amides is 1. The highest BCUT2D eigenvalue weighted by Gasteiger charge is 2.26. The third-order valence-electron chi connectivity index (χ3n) is 5.93. The molecule has 33 heavy (non-hydrogen) atoms. The number of pyridine rings is 1. The number of morpholine rings is 1. The highest BCUT2D eigenvalue weighted by molar-refractivity contribution is 6.36. The van der Waals surface area contributed by atoms with E-state index in [1.807, 2.05) is 24.3 Å². The molecular weight excluding hydrogens is 465 g/mol. The van der Waals surface area contributed by atoms with Crippen molar-refractivity contribution in [2.75, 3.05) is 32.8 Å². The maximum absolute atomic E-state index is 13.3. The second-order valence-corrected chi connectivity index (χ2v) is 8.79. The van der Waals surface area contributed by atoms with Crippen molar-refractivity contribution in [3.8, 4) is 0 Å². The fourth-order valence-corrected chi connectivity index (χ4v) is 4.43. The van der Waals surface area contributed by atoms with Gasteiger partial charge in [-0.3, -0.25) is 14.5 Å². The Morgan fingerprint density at radius 1 is 1.18 bits per heavy atom. The molecule has 0 spiro atoms. The predicted molar refractivity (Wildman–Crippen MR) is 128 cm³/mol. The van der Waals surface area contributed by atoms with Crippen molar-refractivity contribution in [2.45, 2.75) is 19.0 Å². The van der Waals surface area contributed by atoms with E-state index in [4.69, 9.17) is 33.7 Å². The normalized spacial score (nSPS) is 16.5. The summed E-state index contributed by atoms with van der Waals surface area (Å²) in [7, 11) is 0. The number of hydrogen-bond acceptors (Lipinski definition) is 5. The Morgan fingerprint density at radius 2 is 1.88 bits per heavy atom. The lowest BCUT2D eigenvalue weighted by atomic mass is 10.0. The molecule has 174 valence electrons. The van der Waals surface area contributed by atoms with Crippen LogP contribution in [0.15, 0.2) is 42.7 Å². The van der Waals surface area contributed by atoms with E-state index in [9.17, 15) is 9.59 Å². The zero-order chi connectivity index (χ0) is 23.5. The van der Waals surface area contributed by atoms with Gasteiger partial charge in [-0.15, -0.1) is 0 Å². The number of nitrogens with two attached hydrogens (primary N) is 1. The van der Waals surface area contributed by atoms with Crippen LogP contribution < -0.4 is 11.1 Å². The monoisotopic (exact) mass is 489 g/mol. The maximum atomic E-state index is 13.3. The highest BCUT2D eigenvalue weighted by Crippen LogP contribution is 2.30. The minimum atomic E-state index is -0.685. The van der Waals surface area contributed by atoms with Crippen LogP contribution in [0, 0.1) is 0 Å². The number of nitrogens with one attached hydrogen (secondary N) is 1. The first-order valence-corrected chi connectivity index (χ1v) is 11.4. The summed E-state index contributed by atoms with van der Waals surface area (Å²) in [6.07, 6.45) is 3.12. The fraction of sp³-hybridized carbons (Fsp3) is 0.348. The molecule has 3 N–H and O–H groups in total. The molecule has 3 aromatic rings. The van der Waals surface area contributed by atoms with Gasteiger partial charge in [0.05, 0.1) is 35.2 Å². The van der Waals surface area contributed by atoms with Gasteiger partial charge in [0.1, 0.15) is 11.7 Å². The molecule has 2 amide bonds. The molecule has 0 radical (unpaired) electrons. The summed E-state index contributed by atoms with van der Waals surface area (Å²) < 4.78 is 7.07. The Hall–Kier alpha value is -2.65. The average Bonchev–Trinajstić information content (AvgIpc) is 3.21. The largest absolute Gasteiger partial charge is 0.379 e. The number of ether oxygens (including phenoxy) is 1. The van der Waals surface area contributed by atoms with E-state index < -0.39 is 11.9 Å². The predicted octanol–water partition coefficient (Wildman–Crippen LogP) is 3.19. The van der Waals surface area contributed by atoms with Crippen molar-refractivity contribution < 1.29 is 14.3 Å². The number of aromatic nitrogens is 2. The Morgan fingerprint density at radius 3 is 2.55 bits per heavy atom. The minimum absolute atomic E-state index is 0.0541. The van der Waals surface area contributed by atoms with Crippen LogP contribution in [0.2, 0.25) is 10.0 Å². The number of fused-ring (bicyclic) bond motifs is 1. The van der Waals surface area contributed by atoms with Crippen LogP contribution in [0.1, 0.15) is 34.9 Å². The van der Waals surface area contributed by atoms with Crippen LogP contribution in [-0.2, 0) is 9.53 Å². The first kappa shape index (κ1) is 23.5. The molecular formula is C23H25Cl2N5O3. The zero-order valence-corrected chi connectivity index (χ0v) is 19.6. The summed E-state index contributed by atoms with van der Waals surface area (Å²) in [6.45, 7) is 4.82. The molecule has 0 bridgehead atoms. The van der Waals surface area contributed by atoms with Gasteiger partial charge in [-0.25, -0.2) is 4.98 Å². The minimum Gasteiger partial charge on any atom is -0.379 e. The Labute approximate surface area is 201 Å². The van der Waals surface area contributed by atoms with E-state index in [0.717, 1.165) is 18.7 Å². The van der Waals surface area contributed by atoms with Crippen LogP contribution in [0.4, 0.5) is 0 Å². The lowest BCUT2D eigenvalue weighted by molar-refractivity contribution is -0.120. The van der Waals surface area contributed by atoms with Gasteiger partial charge in [0.15, 0.2) is 0 Å². The van der Waals surface area contributed by atoms with Gasteiger partial charge in [0, 0.05) is 37.1 Å². The van der Waals surface area contributed by atoms with Gasteiger partial charge in [-0.2, -0.15) is 0 Å². The van der Waals surface area contributed by atoms with Crippen LogP contribution in [-0.4, -0.2) is 59.1 Å². The summed E-state index contributed by atoms with van der Waals surface area (Å²) in [5.41, 5.74) is 7.31. The summed E-state index contributed by atoms with van der Waals surface area (Å²) >= 11 is 12.5. The number of hydrogen-bond donors (Lipinski definition) is 2. The van der Waals surface area contributed by atoms with Crippen molar-refractivity contribution in [3.05, 3.63) is 63.9 Å². The van der Waals surface area contributed by atoms with Crippen molar-refractivity contribution in [1.82, 2.24) is 19.8 Å². The third-order valence-corrected chi connectivity index (χ3v) is 6.50. The smallest absolute Gasteiger partial charge is 0.253 e. The number of carbonyl (C=O) groups is 2. The zero-order valence-electron chi connectivity index (χ0n) is 18.1. The van der Waals surface area contributed by atoms with E-state index in [1.54, 1.807) is 23.8 Å². The second kappa shape index (κ2) is 10.1. The lowest BCUT2D eigenvalue weighted by Crippen LogP contribution is -2.43. The summed E-state index contributed by atoms with van der Waals surface area (Å²) in [6, 6.07) is 8.50. The summed E-state index contributed by atoms with van der Waals surface area (Å²) in [4.78, 5) is 31.7. The molecule has 2 unspecified atom stereocenters. The van der Waals surface area contributed by atoms with Crippen LogP contribution in [0.3, 0.4) is 0 Å². The molecule has 1 aliphatic heterocycles. The Kier molecular flexibility index (Phi) is 7.19. The molecule has 4 rings (SSSR count). The van der Waals surface area contributed by atoms with Gasteiger partial charge in [0.2, 0.25) is 5.91 Å². The SMILES string of the molecule is CC(C(N)=O)n1cc(C(=O)NCC(c2ccc(Cl)cc2)N2CCOCC2)c2c(Cl)ccnc21. The Balaban J connectivity index is 1.62. The van der Waals surface area contributed by atoms with Crippen LogP contribution in [0.5, 0.6) is 0 Å². The topological polar surface area (TPSA) is 102 Å². The molecule has 0 saturated carbocycles. The first-order valence-electron chi connectivity index (χ1n) is 10.7. The highest BCUT2D eigenvalue weighted by atomic mass is 35.5. The standard InChI is InChI=1S/C23H25Cl2N5O3/c1-14(21(26)31)30-13-17(20-18(25)6-7-27-22(20)30)23(32)28-12-19(29-8-10-33-11-9-29)15-2-4-16(24)5-3-15/h2-7,13-14,19H,8-12H2,1H3,(H2,26,31)(H,28,32). The van der Waals surface area contributed by atoms with Gasteiger partial charge in [-0.05, 0) is 30.7 Å². The number of benzene rings is 1. The Bertz CT molecular complexity index is 1160. The number of halogens is 2. The van der Waals surface area contributed by atoms with E-state index in [1.165, 1.54) is 6.20 Å². The maximum Gasteiger partial charge on any atom is 0.253 e. The molecule has 8 nitrogen and oxygen atoms in total. The number of carbonyl (C=O) groups excluding carboxylic acids is 2. The average molecular weight is 490 g/mol. The molecule has 2 atom stereocenters. The van der Waals surface area contributed by atoms with Gasteiger partial charge in [0.25, 0.3) is 5.91 Å². The van der Waals surface area contributed by atoms with Gasteiger partial charge >= 0.3 is 0 Å².